The van der Waals surface area contributed by atoms with Crippen LogP contribution in [0.2, 0.25) is 0 Å². The second kappa shape index (κ2) is 15.3. The predicted octanol–water partition coefficient (Wildman–Crippen LogP) is 6.76. The topological polar surface area (TPSA) is 7.12 Å². The lowest BCUT2D eigenvalue weighted by Gasteiger charge is -2.24. The molecule has 0 unspecified atom stereocenters. The van der Waals surface area contributed by atoms with Gasteiger partial charge in [-0.1, -0.05) is 75.3 Å². The van der Waals surface area contributed by atoms with Crippen LogP contribution in [0.5, 0.6) is 0 Å². The zero-order chi connectivity index (χ0) is 24.7. The van der Waals surface area contributed by atoms with Crippen molar-refractivity contribution in [2.75, 3.05) is 45.7 Å². The third kappa shape index (κ3) is 11.5. The van der Waals surface area contributed by atoms with Gasteiger partial charge in [-0.3, -0.25) is 0 Å². The maximum Gasteiger partial charge on any atom is 0.169 e. The number of allylic oxidation sites excluding steroid dienone is 4. The minimum atomic E-state index is 1.02. The number of nitrogens with zero attached hydrogens (tertiary/aromatic N) is 3. The van der Waals surface area contributed by atoms with Crippen LogP contribution in [0.4, 0.5) is 5.69 Å². The van der Waals surface area contributed by atoms with Gasteiger partial charge in [-0.05, 0) is 36.1 Å². The lowest BCUT2D eigenvalue weighted by molar-refractivity contribution is -0.873. The smallest absolute Gasteiger partial charge is 0.169 e. The molecule has 0 saturated heterocycles. The number of hydrogen-bond donors (Lipinski definition) is 0. The maximum atomic E-state index is 2.53. The monoisotopic (exact) mass is 461 g/mol. The minimum Gasteiger partial charge on any atom is -0.372 e. The van der Waals surface area contributed by atoms with Gasteiger partial charge in [0, 0.05) is 30.9 Å². The van der Waals surface area contributed by atoms with E-state index in [9.17, 15) is 0 Å². The van der Waals surface area contributed by atoms with E-state index in [0.29, 0.717) is 0 Å². The van der Waals surface area contributed by atoms with E-state index in [2.05, 4.69) is 130 Å². The van der Waals surface area contributed by atoms with Crippen molar-refractivity contribution in [3.8, 4) is 0 Å². The van der Waals surface area contributed by atoms with Crippen LogP contribution < -0.4 is 9.47 Å². The van der Waals surface area contributed by atoms with Crippen molar-refractivity contribution >= 4 is 17.8 Å². The number of hydrogen-bond acceptors (Lipinski definition) is 1. The Balaban J connectivity index is 1.81. The van der Waals surface area contributed by atoms with Crippen LogP contribution in [0.1, 0.15) is 57.1 Å². The second-order valence-corrected chi connectivity index (χ2v) is 10.1. The number of aryl methyl sites for hydroxylation is 1. The number of anilines is 1. The van der Waals surface area contributed by atoms with Crippen molar-refractivity contribution < 1.29 is 9.05 Å². The number of quaternary nitrogens is 1. The Morgan fingerprint density at radius 3 is 1.74 bits per heavy atom. The molecule has 1 aromatic heterocycles. The summed E-state index contributed by atoms with van der Waals surface area (Å²) in [7, 11) is 6.73. The van der Waals surface area contributed by atoms with Gasteiger partial charge in [-0.15, -0.1) is 0 Å². The summed E-state index contributed by atoms with van der Waals surface area (Å²) in [4.78, 5) is 2.53. The van der Waals surface area contributed by atoms with E-state index in [1.807, 2.05) is 0 Å². The van der Waals surface area contributed by atoms with Crippen LogP contribution in [0.25, 0.3) is 12.2 Å². The molecule has 3 heteroatoms. The molecule has 0 N–H and O–H groups in total. The third-order valence-corrected chi connectivity index (χ3v) is 5.89. The molecule has 0 aliphatic rings. The lowest BCUT2D eigenvalue weighted by atomic mass is 10.1. The van der Waals surface area contributed by atoms with Gasteiger partial charge in [-0.25, -0.2) is 4.57 Å². The Morgan fingerprint density at radius 1 is 0.706 bits per heavy atom. The average molecular weight is 462 g/mol. The van der Waals surface area contributed by atoms with Crippen molar-refractivity contribution in [2.24, 2.45) is 0 Å². The average Bonchev–Trinajstić information content (AvgIpc) is 2.82. The van der Waals surface area contributed by atoms with Gasteiger partial charge < -0.3 is 9.38 Å². The molecule has 0 bridgehead atoms. The van der Waals surface area contributed by atoms with Gasteiger partial charge >= 0.3 is 0 Å². The molecule has 0 atom stereocenters. The third-order valence-electron chi connectivity index (χ3n) is 5.89. The lowest BCUT2D eigenvalue weighted by Crippen LogP contribution is -2.39. The van der Waals surface area contributed by atoms with Gasteiger partial charge in [0.25, 0.3) is 0 Å². The highest BCUT2D eigenvalue weighted by Crippen LogP contribution is 2.18. The SMILES string of the molecule is CCCCN(CCCC)c1ccc(/C=C/C=C/C=C/c2cc[n+](CCC[N+](C)(C)C)cc2)cc1. The highest BCUT2D eigenvalue weighted by atomic mass is 15.3. The van der Waals surface area contributed by atoms with Gasteiger partial charge in [0.05, 0.1) is 34.1 Å². The zero-order valence-electron chi connectivity index (χ0n) is 22.3. The zero-order valence-corrected chi connectivity index (χ0v) is 22.3. The van der Waals surface area contributed by atoms with E-state index >= 15 is 0 Å². The van der Waals surface area contributed by atoms with Gasteiger partial charge in [0.15, 0.2) is 18.9 Å². The van der Waals surface area contributed by atoms with E-state index in [4.69, 9.17) is 0 Å². The Labute approximate surface area is 209 Å². The fourth-order valence-electron chi connectivity index (χ4n) is 3.78. The van der Waals surface area contributed by atoms with Crippen LogP contribution in [0.15, 0.2) is 73.1 Å². The molecule has 1 heterocycles. The summed E-state index contributed by atoms with van der Waals surface area (Å²) >= 11 is 0. The molecule has 3 nitrogen and oxygen atoms in total. The van der Waals surface area contributed by atoms with E-state index in [1.54, 1.807) is 0 Å². The molecule has 1 aromatic carbocycles. The summed E-state index contributed by atoms with van der Waals surface area (Å²) in [5.41, 5.74) is 3.80. The van der Waals surface area contributed by atoms with Gasteiger partial charge in [-0.2, -0.15) is 0 Å². The first-order chi connectivity index (χ1) is 16.4. The van der Waals surface area contributed by atoms with Crippen molar-refractivity contribution in [1.82, 2.24) is 0 Å². The fourth-order valence-corrected chi connectivity index (χ4v) is 3.78. The molecule has 0 amide bonds. The van der Waals surface area contributed by atoms with Crippen LogP contribution in [-0.4, -0.2) is 45.3 Å². The summed E-state index contributed by atoms with van der Waals surface area (Å²) in [5.74, 6) is 0. The van der Waals surface area contributed by atoms with Gasteiger partial charge in [0.1, 0.15) is 0 Å². The fraction of sp³-hybridized carbons (Fsp3) is 0.452. The summed E-state index contributed by atoms with van der Waals surface area (Å²) in [6.45, 7) is 9.09. The Hall–Kier alpha value is -2.65. The molecule has 0 radical (unpaired) electrons. The first kappa shape index (κ1) is 27.6. The molecular weight excluding hydrogens is 414 g/mol. The highest BCUT2D eigenvalue weighted by Gasteiger charge is 2.08. The molecule has 2 rings (SSSR count). The second-order valence-electron chi connectivity index (χ2n) is 10.1. The molecule has 0 fully saturated rings. The Morgan fingerprint density at radius 2 is 1.24 bits per heavy atom. The summed E-state index contributed by atoms with van der Waals surface area (Å²) in [6, 6.07) is 13.3. The van der Waals surface area contributed by atoms with Crippen LogP contribution in [-0.2, 0) is 6.54 Å². The number of benzene rings is 1. The molecule has 0 aliphatic heterocycles. The van der Waals surface area contributed by atoms with Gasteiger partial charge in [0.2, 0.25) is 0 Å². The van der Waals surface area contributed by atoms with E-state index in [-0.39, 0.29) is 0 Å². The number of pyridine rings is 1. The molecule has 0 spiro atoms. The summed E-state index contributed by atoms with van der Waals surface area (Å²) < 4.78 is 3.29. The molecule has 2 aromatic rings. The quantitative estimate of drug-likeness (QED) is 0.161. The standard InChI is InChI=1S/C31H47N3/c1-6-8-24-33(25-9-7-2)31-19-17-29(18-20-31)15-12-10-11-13-16-30-21-26-32(27-22-30)23-14-28-34(3,4)5/h10-13,15-22,26-27H,6-9,14,23-25,28H2,1-5H3/q+2. The first-order valence-electron chi connectivity index (χ1n) is 13.1. The molecule has 184 valence electrons. The summed E-state index contributed by atoms with van der Waals surface area (Å²) in [5, 5.41) is 0. The highest BCUT2D eigenvalue weighted by molar-refractivity contribution is 5.57. The molecular formula is C31H47N3+2. The van der Waals surface area contributed by atoms with Crippen LogP contribution in [0.3, 0.4) is 0 Å². The predicted molar refractivity (Wildman–Crippen MR) is 150 cm³/mol. The molecule has 34 heavy (non-hydrogen) atoms. The first-order valence-corrected chi connectivity index (χ1v) is 13.1. The number of unbranched alkanes of at least 4 members (excludes halogenated alkanes) is 2. The van der Waals surface area contributed by atoms with E-state index < -0.39 is 0 Å². The maximum absolute atomic E-state index is 2.53. The Bertz CT molecular complexity index is 876. The Kier molecular flexibility index (Phi) is 12.4. The van der Waals surface area contributed by atoms with E-state index in [1.165, 1.54) is 55.5 Å². The van der Waals surface area contributed by atoms with Crippen molar-refractivity contribution in [3.63, 3.8) is 0 Å². The normalized spacial score (nSPS) is 12.4. The number of rotatable bonds is 15. The largest absolute Gasteiger partial charge is 0.372 e. The minimum absolute atomic E-state index is 1.02. The summed E-state index contributed by atoms with van der Waals surface area (Å²) in [6.07, 6.45) is 23.2. The molecule has 0 aliphatic carbocycles. The van der Waals surface area contributed by atoms with Crippen molar-refractivity contribution in [3.05, 3.63) is 84.2 Å². The van der Waals surface area contributed by atoms with Crippen molar-refractivity contribution in [2.45, 2.75) is 52.5 Å². The number of aromatic nitrogens is 1. The van der Waals surface area contributed by atoms with Crippen LogP contribution in [0, 0.1) is 0 Å². The molecule has 0 saturated carbocycles. The van der Waals surface area contributed by atoms with Crippen LogP contribution >= 0.6 is 0 Å². The van der Waals surface area contributed by atoms with E-state index in [0.717, 1.165) is 24.1 Å². The van der Waals surface area contributed by atoms with Crippen molar-refractivity contribution in [1.29, 1.82) is 0 Å².